The van der Waals surface area contributed by atoms with Crippen molar-refractivity contribution in [2.75, 3.05) is 40.3 Å². The molecule has 4 rings (SSSR count). The van der Waals surface area contributed by atoms with Gasteiger partial charge in [0.15, 0.2) is 12.2 Å². The van der Waals surface area contributed by atoms with Gasteiger partial charge in [-0.3, -0.25) is 9.69 Å². The lowest BCUT2D eigenvalue weighted by molar-refractivity contribution is -0.136. The standard InChI is InChI=1S/C21H29N5O3/c1-23-19-17(20(28)24(2)21(23)29)26(18(22-19)15-9-5-3-6-10-15)14-16(27)13-25-11-7-4-8-12-25/h3,5-6,9-10,16-17,19,27H,4,7-8,11-14H2,1-2H3. The van der Waals surface area contributed by atoms with E-state index in [2.05, 4.69) is 4.90 Å². The van der Waals surface area contributed by atoms with Crippen molar-refractivity contribution in [3.63, 3.8) is 0 Å². The molecule has 0 spiro atoms. The first-order chi connectivity index (χ1) is 14.0. The molecule has 3 aliphatic rings. The highest BCUT2D eigenvalue weighted by Crippen LogP contribution is 2.29. The fourth-order valence-electron chi connectivity index (χ4n) is 4.52. The molecule has 0 aromatic heterocycles. The third kappa shape index (κ3) is 3.74. The highest BCUT2D eigenvalue weighted by atomic mass is 16.3. The molecule has 29 heavy (non-hydrogen) atoms. The van der Waals surface area contributed by atoms with Crippen LogP contribution in [0.1, 0.15) is 24.8 Å². The molecule has 0 aliphatic carbocycles. The van der Waals surface area contributed by atoms with Crippen LogP contribution in [-0.4, -0.2) is 101 Å². The van der Waals surface area contributed by atoms with Crippen LogP contribution in [0, 0.1) is 0 Å². The molecule has 3 atom stereocenters. The number of carbonyl (C=O) groups excluding carboxylic acids is 2. The van der Waals surface area contributed by atoms with Crippen LogP contribution in [0.5, 0.6) is 0 Å². The lowest BCUT2D eigenvalue weighted by Crippen LogP contribution is -2.64. The highest BCUT2D eigenvalue weighted by molar-refractivity contribution is 6.08. The van der Waals surface area contributed by atoms with E-state index < -0.39 is 18.3 Å². The molecule has 0 saturated carbocycles. The van der Waals surface area contributed by atoms with Crippen LogP contribution in [0.15, 0.2) is 35.3 Å². The first kappa shape index (κ1) is 19.8. The molecule has 3 amide bonds. The molecule has 0 bridgehead atoms. The Morgan fingerprint density at radius 2 is 1.76 bits per heavy atom. The number of aliphatic hydroxyl groups excluding tert-OH is 1. The van der Waals surface area contributed by atoms with E-state index in [-0.39, 0.29) is 11.9 Å². The van der Waals surface area contributed by atoms with Crippen LogP contribution in [0.4, 0.5) is 4.79 Å². The van der Waals surface area contributed by atoms with Gasteiger partial charge in [-0.1, -0.05) is 36.8 Å². The minimum absolute atomic E-state index is 0.280. The highest BCUT2D eigenvalue weighted by Gasteiger charge is 2.51. The Balaban J connectivity index is 1.60. The van der Waals surface area contributed by atoms with E-state index in [4.69, 9.17) is 4.99 Å². The number of amidine groups is 1. The van der Waals surface area contributed by atoms with Gasteiger partial charge in [-0.15, -0.1) is 0 Å². The quantitative estimate of drug-likeness (QED) is 0.793. The minimum Gasteiger partial charge on any atom is -0.390 e. The van der Waals surface area contributed by atoms with Crippen LogP contribution in [0.25, 0.3) is 0 Å². The number of imide groups is 1. The number of nitrogens with zero attached hydrogens (tertiary/aromatic N) is 5. The third-order valence-corrected chi connectivity index (χ3v) is 6.07. The molecule has 3 unspecified atom stereocenters. The van der Waals surface area contributed by atoms with E-state index in [9.17, 15) is 14.7 Å². The van der Waals surface area contributed by atoms with Gasteiger partial charge in [0, 0.05) is 32.7 Å². The average molecular weight is 399 g/mol. The van der Waals surface area contributed by atoms with Crippen molar-refractivity contribution in [3.05, 3.63) is 35.9 Å². The molecule has 0 radical (unpaired) electrons. The van der Waals surface area contributed by atoms with E-state index in [1.165, 1.54) is 18.4 Å². The Labute approximate surface area is 171 Å². The molecule has 156 valence electrons. The molecule has 1 aromatic carbocycles. The summed E-state index contributed by atoms with van der Waals surface area (Å²) in [7, 11) is 3.17. The number of carbonyl (C=O) groups is 2. The molecular weight excluding hydrogens is 370 g/mol. The second-order valence-electron chi connectivity index (χ2n) is 8.14. The van der Waals surface area contributed by atoms with Gasteiger partial charge in [0.05, 0.1) is 6.10 Å². The maximum absolute atomic E-state index is 13.0. The summed E-state index contributed by atoms with van der Waals surface area (Å²) in [6.07, 6.45) is 2.38. The van der Waals surface area contributed by atoms with Crippen LogP contribution >= 0.6 is 0 Å². The summed E-state index contributed by atoms with van der Waals surface area (Å²) in [5, 5.41) is 10.8. The summed E-state index contributed by atoms with van der Waals surface area (Å²) in [5.74, 6) is 0.375. The van der Waals surface area contributed by atoms with E-state index in [1.54, 1.807) is 7.05 Å². The number of likely N-dealkylation sites (tertiary alicyclic amines) is 1. The molecule has 3 heterocycles. The number of fused-ring (bicyclic) bond motifs is 1. The average Bonchev–Trinajstić information content (AvgIpc) is 3.11. The Morgan fingerprint density at radius 3 is 2.45 bits per heavy atom. The zero-order valence-corrected chi connectivity index (χ0v) is 17.1. The van der Waals surface area contributed by atoms with Crippen LogP contribution < -0.4 is 0 Å². The fraction of sp³-hybridized carbons (Fsp3) is 0.571. The second-order valence-corrected chi connectivity index (χ2v) is 8.14. The number of hydrogen-bond acceptors (Lipinski definition) is 6. The summed E-state index contributed by atoms with van der Waals surface area (Å²) in [5.41, 5.74) is 0.878. The summed E-state index contributed by atoms with van der Waals surface area (Å²) in [6.45, 7) is 2.88. The topological polar surface area (TPSA) is 79.7 Å². The second kappa shape index (κ2) is 8.12. The summed E-state index contributed by atoms with van der Waals surface area (Å²) >= 11 is 0. The van der Waals surface area contributed by atoms with E-state index in [0.29, 0.717) is 18.9 Å². The van der Waals surface area contributed by atoms with E-state index >= 15 is 0 Å². The Morgan fingerprint density at radius 1 is 1.07 bits per heavy atom. The van der Waals surface area contributed by atoms with Gasteiger partial charge < -0.3 is 19.8 Å². The zero-order chi connectivity index (χ0) is 20.5. The van der Waals surface area contributed by atoms with Crippen molar-refractivity contribution < 1.29 is 14.7 Å². The molecule has 3 aliphatic heterocycles. The number of aliphatic imine (C=N–C) groups is 1. The predicted molar refractivity (Wildman–Crippen MR) is 109 cm³/mol. The molecule has 1 aromatic rings. The molecular formula is C21H29N5O3. The Hall–Kier alpha value is -2.45. The molecule has 1 N–H and O–H groups in total. The van der Waals surface area contributed by atoms with Crippen LogP contribution in [-0.2, 0) is 4.79 Å². The normalized spacial score (nSPS) is 26.6. The maximum atomic E-state index is 13.0. The number of hydrogen-bond donors (Lipinski definition) is 1. The van der Waals surface area contributed by atoms with Crippen LogP contribution in [0.2, 0.25) is 0 Å². The summed E-state index contributed by atoms with van der Waals surface area (Å²) in [6, 6.07) is 8.68. The summed E-state index contributed by atoms with van der Waals surface area (Å²) < 4.78 is 0. The Kier molecular flexibility index (Phi) is 5.56. The lowest BCUT2D eigenvalue weighted by atomic mass is 10.1. The lowest BCUT2D eigenvalue weighted by Gasteiger charge is -2.41. The van der Waals surface area contributed by atoms with Crippen molar-refractivity contribution in [2.24, 2.45) is 4.99 Å². The number of aliphatic hydroxyl groups is 1. The molecule has 8 heteroatoms. The van der Waals surface area contributed by atoms with E-state index in [1.807, 2.05) is 35.2 Å². The zero-order valence-electron chi connectivity index (χ0n) is 17.1. The number of amides is 3. The molecule has 2 saturated heterocycles. The monoisotopic (exact) mass is 399 g/mol. The number of piperidine rings is 1. The van der Waals surface area contributed by atoms with Gasteiger partial charge >= 0.3 is 6.03 Å². The number of likely N-dealkylation sites (N-methyl/N-ethyl adjacent to an activating group) is 2. The number of benzene rings is 1. The minimum atomic E-state index is -0.617. The van der Waals surface area contributed by atoms with E-state index in [0.717, 1.165) is 36.4 Å². The number of rotatable bonds is 5. The third-order valence-electron chi connectivity index (χ3n) is 6.07. The fourth-order valence-corrected chi connectivity index (χ4v) is 4.52. The first-order valence-corrected chi connectivity index (χ1v) is 10.3. The van der Waals surface area contributed by atoms with Gasteiger partial charge in [-0.2, -0.15) is 0 Å². The van der Waals surface area contributed by atoms with Crippen molar-refractivity contribution >= 4 is 17.8 Å². The van der Waals surface area contributed by atoms with Gasteiger partial charge in [-0.25, -0.2) is 9.79 Å². The molecule has 8 nitrogen and oxygen atoms in total. The number of urea groups is 1. The Bertz CT molecular complexity index is 793. The van der Waals surface area contributed by atoms with Crippen molar-refractivity contribution in [1.29, 1.82) is 0 Å². The van der Waals surface area contributed by atoms with Gasteiger partial charge in [0.1, 0.15) is 5.84 Å². The van der Waals surface area contributed by atoms with Crippen molar-refractivity contribution in [2.45, 2.75) is 37.6 Å². The van der Waals surface area contributed by atoms with Crippen LogP contribution in [0.3, 0.4) is 0 Å². The largest absolute Gasteiger partial charge is 0.390 e. The SMILES string of the molecule is CN1C(=O)C2C(N=C(c3ccccc3)N2CC(O)CN2CCCCC2)N(C)C1=O. The maximum Gasteiger partial charge on any atom is 0.328 e. The predicted octanol–water partition coefficient (Wildman–Crippen LogP) is 0.814. The van der Waals surface area contributed by atoms with Gasteiger partial charge in [0.2, 0.25) is 0 Å². The molecule has 2 fully saturated rings. The van der Waals surface area contributed by atoms with Crippen molar-refractivity contribution in [3.8, 4) is 0 Å². The first-order valence-electron chi connectivity index (χ1n) is 10.3. The smallest absolute Gasteiger partial charge is 0.328 e. The van der Waals surface area contributed by atoms with Crippen molar-refractivity contribution in [1.82, 2.24) is 19.6 Å². The summed E-state index contributed by atoms with van der Waals surface area (Å²) in [4.78, 5) is 37.0. The van der Waals surface area contributed by atoms with Gasteiger partial charge in [0.25, 0.3) is 5.91 Å². The van der Waals surface area contributed by atoms with Gasteiger partial charge in [-0.05, 0) is 25.9 Å². The number of β-amino-alcohol motifs (C(OH)–C–C–N with tert-alkyl or cyclic N) is 1.